The minimum atomic E-state index is -2.59. The molecule has 0 unspecified atom stereocenters. The van der Waals surface area contributed by atoms with Crippen molar-refractivity contribution < 1.29 is 12.8 Å². The van der Waals surface area contributed by atoms with Gasteiger partial charge in [-0.25, -0.2) is 19.1 Å². The zero-order chi connectivity index (χ0) is 19.1. The summed E-state index contributed by atoms with van der Waals surface area (Å²) < 4.78 is 52.3. The van der Waals surface area contributed by atoms with Gasteiger partial charge in [-0.3, -0.25) is 4.57 Å². The summed E-state index contributed by atoms with van der Waals surface area (Å²) in [6.45, 7) is -4.74. The second kappa shape index (κ2) is 3.49. The summed E-state index contributed by atoms with van der Waals surface area (Å²) in [5.74, 6) is 0.376. The maximum Gasteiger partial charge on any atom is 0.271 e. The van der Waals surface area contributed by atoms with Gasteiger partial charge in [0.05, 0.1) is 28.7 Å². The molecule has 0 spiro atoms. The first kappa shape index (κ1) is 6.85. The third-order valence-electron chi connectivity index (χ3n) is 4.06. The maximum absolute atomic E-state index is 8.09. The Hall–Kier alpha value is -2.69. The molecule has 0 fully saturated rings. The lowest BCUT2D eigenvalue weighted by atomic mass is 10.2. The van der Waals surface area contributed by atoms with Crippen LogP contribution in [0, 0.1) is 0 Å². The van der Waals surface area contributed by atoms with E-state index in [0.29, 0.717) is 34.6 Å². The van der Waals surface area contributed by atoms with Crippen LogP contribution in [0.1, 0.15) is 13.8 Å². The fraction of sp³-hybridized carbons (Fsp3) is 0.188. The van der Waals surface area contributed by atoms with Gasteiger partial charge in [0.15, 0.2) is 0 Å². The molecule has 0 saturated heterocycles. The smallest absolute Gasteiger partial charge is 0.257 e. The van der Waals surface area contributed by atoms with Gasteiger partial charge < -0.3 is 0 Å². The van der Waals surface area contributed by atoms with Crippen molar-refractivity contribution >= 4 is 22.2 Å². The van der Waals surface area contributed by atoms with Gasteiger partial charge in [-0.05, 0) is 18.2 Å². The van der Waals surface area contributed by atoms with Gasteiger partial charge in [0.2, 0.25) is 5.52 Å². The third-order valence-corrected chi connectivity index (χ3v) is 4.06. The molecule has 0 bridgehead atoms. The SMILES string of the molecule is [2H]C([2H])([2H])n1c2cccnc2c2c1[n+](C([2H])([2H])[2H])c1n2Cc2cccnc2-1. The second-order valence-electron chi connectivity index (χ2n) is 5.14. The van der Waals surface area contributed by atoms with Crippen molar-refractivity contribution in [3.63, 3.8) is 0 Å². The van der Waals surface area contributed by atoms with E-state index in [-0.39, 0.29) is 5.65 Å². The second-order valence-corrected chi connectivity index (χ2v) is 5.14. The monoisotopic (exact) mass is 282 g/mol. The van der Waals surface area contributed by atoms with Crippen LogP contribution in [0.3, 0.4) is 0 Å². The van der Waals surface area contributed by atoms with Gasteiger partial charge >= 0.3 is 0 Å². The van der Waals surface area contributed by atoms with Crippen molar-refractivity contribution in [3.05, 3.63) is 42.2 Å². The number of imidazole rings is 1. The predicted octanol–water partition coefficient (Wildman–Crippen LogP) is 1.78. The van der Waals surface area contributed by atoms with E-state index >= 15 is 0 Å². The number of fused-ring (bicyclic) bond motifs is 7. The molecule has 0 aromatic carbocycles. The van der Waals surface area contributed by atoms with E-state index in [1.54, 1.807) is 35.2 Å². The summed E-state index contributed by atoms with van der Waals surface area (Å²) in [6, 6.07) is 6.98. The topological polar surface area (TPSA) is 39.5 Å². The molecular formula is C16H14N5+. The molecule has 0 amide bonds. The van der Waals surface area contributed by atoms with Crippen LogP contribution in [-0.2, 0) is 20.5 Å². The van der Waals surface area contributed by atoms with E-state index in [0.717, 1.165) is 14.7 Å². The van der Waals surface area contributed by atoms with Crippen LogP contribution in [0.2, 0.25) is 0 Å². The number of pyridine rings is 2. The number of hydrogen-bond donors (Lipinski definition) is 0. The van der Waals surface area contributed by atoms with Crippen molar-refractivity contribution in [2.45, 2.75) is 6.54 Å². The molecule has 4 aromatic heterocycles. The van der Waals surface area contributed by atoms with Gasteiger partial charge in [-0.15, -0.1) is 0 Å². The first-order chi connectivity index (χ1) is 12.7. The van der Waals surface area contributed by atoms with Crippen LogP contribution in [0.25, 0.3) is 33.7 Å². The number of hydrogen-bond acceptors (Lipinski definition) is 2. The highest BCUT2D eigenvalue weighted by atomic mass is 15.2. The molecule has 5 heterocycles. The standard InChI is InChI=1S/C16H14N5/c1-19-11-6-4-8-18-13(11)14-16(19)20(2)15-12-10(9-21(14)15)5-3-7-17-12/h3-8H,9H2,1-2H3/q+1/i1D3,2D3. The molecule has 5 rings (SSSR count). The fourth-order valence-electron chi connectivity index (χ4n) is 3.19. The number of rotatable bonds is 0. The third kappa shape index (κ3) is 1.15. The molecule has 0 saturated carbocycles. The largest absolute Gasteiger partial charge is 0.271 e. The summed E-state index contributed by atoms with van der Waals surface area (Å²) in [5, 5.41) is 0. The van der Waals surface area contributed by atoms with E-state index < -0.39 is 14.0 Å². The van der Waals surface area contributed by atoms with Crippen molar-refractivity contribution in [2.75, 3.05) is 0 Å². The lowest BCUT2D eigenvalue weighted by Gasteiger charge is -1.97. The molecule has 1 aliphatic heterocycles. The Morgan fingerprint density at radius 1 is 1.24 bits per heavy atom. The van der Waals surface area contributed by atoms with Crippen LogP contribution in [0.4, 0.5) is 0 Å². The van der Waals surface area contributed by atoms with E-state index in [2.05, 4.69) is 9.97 Å². The first-order valence-corrected chi connectivity index (χ1v) is 6.58. The first-order valence-electron chi connectivity index (χ1n) is 9.58. The Kier molecular flexibility index (Phi) is 1.14. The number of nitrogens with zero attached hydrogens (tertiary/aromatic N) is 5. The molecular weight excluding hydrogens is 262 g/mol. The molecule has 0 atom stereocenters. The van der Waals surface area contributed by atoms with Crippen LogP contribution in [0.15, 0.2) is 36.7 Å². The summed E-state index contributed by atoms with van der Waals surface area (Å²) in [7, 11) is 0. The molecule has 0 aliphatic carbocycles. The van der Waals surface area contributed by atoms with Crippen molar-refractivity contribution in [1.82, 2.24) is 19.1 Å². The van der Waals surface area contributed by atoms with Gasteiger partial charge in [-0.1, -0.05) is 6.07 Å². The zero-order valence-electron chi connectivity index (χ0n) is 16.9. The summed E-state index contributed by atoms with van der Waals surface area (Å²) in [4.78, 5) is 8.73. The Labute approximate surface area is 129 Å². The van der Waals surface area contributed by atoms with Crippen LogP contribution >= 0.6 is 0 Å². The summed E-state index contributed by atoms with van der Waals surface area (Å²) >= 11 is 0. The number of aromatic nitrogens is 5. The van der Waals surface area contributed by atoms with Crippen LogP contribution in [0.5, 0.6) is 0 Å². The lowest BCUT2D eigenvalue weighted by molar-refractivity contribution is -0.636. The molecule has 5 nitrogen and oxygen atoms in total. The number of aryl methyl sites for hydroxylation is 2. The van der Waals surface area contributed by atoms with Gasteiger partial charge in [0.1, 0.15) is 16.7 Å². The van der Waals surface area contributed by atoms with E-state index in [9.17, 15) is 0 Å². The Balaban J connectivity index is 2.07. The fourth-order valence-corrected chi connectivity index (χ4v) is 3.19. The summed E-state index contributed by atoms with van der Waals surface area (Å²) in [6.07, 6.45) is 3.18. The minimum absolute atomic E-state index is 0.106. The quantitative estimate of drug-likeness (QED) is 0.406. The zero-order valence-corrected chi connectivity index (χ0v) is 10.9. The van der Waals surface area contributed by atoms with E-state index in [4.69, 9.17) is 8.22 Å². The van der Waals surface area contributed by atoms with Crippen molar-refractivity contribution in [1.29, 1.82) is 0 Å². The van der Waals surface area contributed by atoms with Crippen LogP contribution < -0.4 is 4.57 Å². The van der Waals surface area contributed by atoms with Gasteiger partial charge in [-0.2, -0.15) is 0 Å². The highest BCUT2D eigenvalue weighted by Crippen LogP contribution is 2.35. The molecule has 4 aromatic rings. The normalized spacial score (nSPS) is 18.5. The van der Waals surface area contributed by atoms with Crippen molar-refractivity contribution in [3.8, 4) is 11.5 Å². The maximum atomic E-state index is 8.09. The Bertz CT molecular complexity index is 1230. The van der Waals surface area contributed by atoms with Crippen molar-refractivity contribution in [2.24, 2.45) is 14.0 Å². The molecule has 0 radical (unpaired) electrons. The lowest BCUT2D eigenvalue weighted by Crippen LogP contribution is -2.31. The van der Waals surface area contributed by atoms with Gasteiger partial charge in [0, 0.05) is 18.0 Å². The average Bonchev–Trinajstić information content (AvgIpc) is 3.18. The Morgan fingerprint density at radius 2 is 2.14 bits per heavy atom. The average molecular weight is 282 g/mol. The Morgan fingerprint density at radius 3 is 3.05 bits per heavy atom. The molecule has 1 aliphatic rings. The van der Waals surface area contributed by atoms with Crippen LogP contribution in [-0.4, -0.2) is 19.1 Å². The highest BCUT2D eigenvalue weighted by Gasteiger charge is 2.35. The van der Waals surface area contributed by atoms with Gasteiger partial charge in [0.25, 0.3) is 11.5 Å². The molecule has 5 heteroatoms. The summed E-state index contributed by atoms with van der Waals surface area (Å²) in [5.41, 5.74) is 2.87. The van der Waals surface area contributed by atoms with E-state index in [1.165, 1.54) is 0 Å². The predicted molar refractivity (Wildman–Crippen MR) is 79.7 cm³/mol. The van der Waals surface area contributed by atoms with E-state index in [1.807, 2.05) is 6.07 Å². The molecule has 0 N–H and O–H groups in total. The minimum Gasteiger partial charge on any atom is -0.257 e. The molecule has 102 valence electrons. The molecule has 21 heavy (non-hydrogen) atoms. The highest BCUT2D eigenvalue weighted by molar-refractivity contribution is 6.02.